The molecule has 214 valence electrons. The normalized spacial score (nSPS) is 12.7. The third kappa shape index (κ3) is 10.2. The van der Waals surface area contributed by atoms with Gasteiger partial charge in [-0.2, -0.15) is 0 Å². The van der Waals surface area contributed by atoms with E-state index in [2.05, 4.69) is 19.9 Å². The van der Waals surface area contributed by atoms with E-state index < -0.39 is 48.1 Å². The molecule has 0 aliphatic rings. The highest BCUT2D eigenvalue weighted by atomic mass is 16.4. The number of para-hydroxylation sites is 4. The van der Waals surface area contributed by atoms with E-state index in [-0.39, 0.29) is 19.3 Å². The molecule has 0 aliphatic heterocycles. The van der Waals surface area contributed by atoms with Crippen LogP contribution in [-0.2, 0) is 19.2 Å². The number of aromatic nitrogens is 4. The van der Waals surface area contributed by atoms with Crippen LogP contribution < -0.4 is 0 Å². The van der Waals surface area contributed by atoms with Crippen LogP contribution in [0.1, 0.15) is 45.4 Å². The second-order valence-corrected chi connectivity index (χ2v) is 9.05. The highest BCUT2D eigenvalue weighted by Gasteiger charge is 2.32. The van der Waals surface area contributed by atoms with Gasteiger partial charge in [0.1, 0.15) is 0 Å². The zero-order valence-corrected chi connectivity index (χ0v) is 22.1. The summed E-state index contributed by atoms with van der Waals surface area (Å²) in [4.78, 5) is 57.7. The van der Waals surface area contributed by atoms with Crippen molar-refractivity contribution in [1.29, 1.82) is 0 Å². The fourth-order valence-corrected chi connectivity index (χ4v) is 4.17. The molecule has 4 aromatic rings. The van der Waals surface area contributed by atoms with Crippen LogP contribution >= 0.6 is 0 Å². The molecular formula is C28H34N4O8. The molecule has 12 heteroatoms. The van der Waals surface area contributed by atoms with Gasteiger partial charge < -0.3 is 30.4 Å². The third-order valence-electron chi connectivity index (χ3n) is 6.30. The number of aliphatic carboxylic acids is 4. The Labute approximate surface area is 230 Å². The van der Waals surface area contributed by atoms with Gasteiger partial charge in [0.25, 0.3) is 0 Å². The van der Waals surface area contributed by atoms with E-state index in [1.807, 2.05) is 48.5 Å². The van der Waals surface area contributed by atoms with Crippen molar-refractivity contribution in [3.8, 4) is 0 Å². The number of unbranched alkanes of at least 4 members (excludes halogenated alkanes) is 1. The first-order valence-corrected chi connectivity index (χ1v) is 12.8. The van der Waals surface area contributed by atoms with E-state index in [9.17, 15) is 19.2 Å². The lowest BCUT2D eigenvalue weighted by Crippen LogP contribution is -2.29. The quantitative estimate of drug-likeness (QED) is 0.133. The van der Waals surface area contributed by atoms with Crippen LogP contribution in [-0.4, -0.2) is 64.2 Å². The van der Waals surface area contributed by atoms with Crippen molar-refractivity contribution in [2.45, 2.75) is 45.4 Å². The number of carboxylic acids is 4. The zero-order chi connectivity index (χ0) is 29.5. The summed E-state index contributed by atoms with van der Waals surface area (Å²) in [6, 6.07) is 15.9. The lowest BCUT2D eigenvalue weighted by Gasteiger charge is -2.19. The first-order chi connectivity index (χ1) is 19.1. The molecule has 2 heterocycles. The SMILES string of the molecule is CCC(C(=O)O)C(CCCCC(CC(=O)O)C(=O)O)C(=O)O.c1ccc2[nH]cnc2c1.c1ccc2[nH]cnc2c1. The zero-order valence-electron chi connectivity index (χ0n) is 22.1. The first-order valence-electron chi connectivity index (χ1n) is 12.8. The van der Waals surface area contributed by atoms with Crippen molar-refractivity contribution in [3.63, 3.8) is 0 Å². The predicted molar refractivity (Wildman–Crippen MR) is 147 cm³/mol. The highest BCUT2D eigenvalue weighted by molar-refractivity contribution is 5.80. The van der Waals surface area contributed by atoms with Crippen molar-refractivity contribution in [3.05, 3.63) is 61.2 Å². The van der Waals surface area contributed by atoms with Crippen molar-refractivity contribution in [2.75, 3.05) is 0 Å². The lowest BCUT2D eigenvalue weighted by atomic mass is 9.85. The number of nitrogens with one attached hydrogen (secondary N) is 2. The number of hydrogen-bond acceptors (Lipinski definition) is 6. The molecule has 12 nitrogen and oxygen atoms in total. The predicted octanol–water partition coefficient (Wildman–Crippen LogP) is 4.66. The Morgan fingerprint density at radius 2 is 1.18 bits per heavy atom. The van der Waals surface area contributed by atoms with Crippen molar-refractivity contribution in [2.24, 2.45) is 17.8 Å². The van der Waals surface area contributed by atoms with Gasteiger partial charge in [-0.15, -0.1) is 0 Å². The Morgan fingerprint density at radius 1 is 0.700 bits per heavy atom. The molecule has 4 rings (SSSR count). The standard InChI is InChI=1S/C14H22O8.2C7H6N2/c1-2-9(13(19)20)10(14(21)22)6-4-3-5-8(12(17)18)7-11(15)16;2*1-2-4-7-6(3-1)8-5-9-7/h8-10H,2-7H2,1H3,(H,15,16)(H,17,18)(H,19,20)(H,21,22);2*1-5H,(H,8,9). The van der Waals surface area contributed by atoms with E-state index in [0.29, 0.717) is 12.8 Å². The molecule has 0 saturated carbocycles. The van der Waals surface area contributed by atoms with E-state index in [1.54, 1.807) is 19.6 Å². The van der Waals surface area contributed by atoms with Gasteiger partial charge in [0.2, 0.25) is 0 Å². The highest BCUT2D eigenvalue weighted by Crippen LogP contribution is 2.24. The molecular weight excluding hydrogens is 520 g/mol. The second kappa shape index (κ2) is 16.3. The van der Waals surface area contributed by atoms with Gasteiger partial charge in [0.05, 0.1) is 58.9 Å². The first kappa shape index (κ1) is 31.5. The van der Waals surface area contributed by atoms with Crippen molar-refractivity contribution >= 4 is 45.9 Å². The minimum atomic E-state index is -1.20. The van der Waals surface area contributed by atoms with Gasteiger partial charge in [-0.05, 0) is 43.5 Å². The van der Waals surface area contributed by atoms with Crippen LogP contribution in [0.25, 0.3) is 22.1 Å². The molecule has 0 bridgehead atoms. The molecule has 0 aliphatic carbocycles. The van der Waals surface area contributed by atoms with E-state index in [0.717, 1.165) is 22.1 Å². The Kier molecular flexibility index (Phi) is 12.8. The molecule has 0 fully saturated rings. The molecule has 40 heavy (non-hydrogen) atoms. The average Bonchev–Trinajstić information content (AvgIpc) is 3.59. The molecule has 2 aromatic heterocycles. The summed E-state index contributed by atoms with van der Waals surface area (Å²) in [6.07, 6.45) is 4.04. The maximum absolute atomic E-state index is 11.2. The molecule has 0 radical (unpaired) electrons. The number of benzene rings is 2. The summed E-state index contributed by atoms with van der Waals surface area (Å²) in [5.74, 6) is -7.76. The lowest BCUT2D eigenvalue weighted by molar-refractivity contribution is -0.154. The van der Waals surface area contributed by atoms with E-state index in [1.165, 1.54) is 0 Å². The maximum Gasteiger partial charge on any atom is 0.307 e. The van der Waals surface area contributed by atoms with Crippen molar-refractivity contribution < 1.29 is 39.6 Å². The molecule has 3 atom stereocenters. The molecule has 0 spiro atoms. The number of fused-ring (bicyclic) bond motifs is 2. The summed E-state index contributed by atoms with van der Waals surface area (Å²) in [5, 5.41) is 35.6. The van der Waals surface area contributed by atoms with Gasteiger partial charge in [0, 0.05) is 0 Å². The Bertz CT molecular complexity index is 1260. The van der Waals surface area contributed by atoms with Crippen LogP contribution in [0.4, 0.5) is 0 Å². The minimum absolute atomic E-state index is 0.123. The van der Waals surface area contributed by atoms with Gasteiger partial charge in [-0.1, -0.05) is 44.0 Å². The monoisotopic (exact) mass is 554 g/mol. The molecule has 6 N–H and O–H groups in total. The number of hydrogen-bond donors (Lipinski definition) is 6. The van der Waals surface area contributed by atoms with Gasteiger partial charge >= 0.3 is 23.9 Å². The van der Waals surface area contributed by atoms with Crippen LogP contribution in [0.3, 0.4) is 0 Å². The minimum Gasteiger partial charge on any atom is -0.481 e. The number of carbonyl (C=O) groups is 4. The van der Waals surface area contributed by atoms with E-state index in [4.69, 9.17) is 20.4 Å². The molecule has 0 amide bonds. The van der Waals surface area contributed by atoms with E-state index >= 15 is 0 Å². The topological polar surface area (TPSA) is 207 Å². The second-order valence-electron chi connectivity index (χ2n) is 9.05. The van der Waals surface area contributed by atoms with Crippen LogP contribution in [0.2, 0.25) is 0 Å². The smallest absolute Gasteiger partial charge is 0.307 e. The third-order valence-corrected chi connectivity index (χ3v) is 6.30. The Balaban J connectivity index is 0.000000248. The number of H-pyrrole nitrogens is 2. The largest absolute Gasteiger partial charge is 0.481 e. The average molecular weight is 555 g/mol. The molecule has 0 saturated heterocycles. The van der Waals surface area contributed by atoms with Gasteiger partial charge in [0.15, 0.2) is 0 Å². The number of carboxylic acid groups (broad SMARTS) is 4. The fraction of sp³-hybridized carbons (Fsp3) is 0.357. The van der Waals surface area contributed by atoms with Crippen LogP contribution in [0.5, 0.6) is 0 Å². The summed E-state index contributed by atoms with van der Waals surface area (Å²) in [5.41, 5.74) is 4.24. The fourth-order valence-electron chi connectivity index (χ4n) is 4.17. The van der Waals surface area contributed by atoms with Crippen LogP contribution in [0, 0.1) is 17.8 Å². The summed E-state index contributed by atoms with van der Waals surface area (Å²) >= 11 is 0. The number of rotatable bonds is 12. The molecule has 2 aromatic carbocycles. The summed E-state index contributed by atoms with van der Waals surface area (Å²) in [7, 11) is 0. The summed E-state index contributed by atoms with van der Waals surface area (Å²) < 4.78 is 0. The summed E-state index contributed by atoms with van der Waals surface area (Å²) in [6.45, 7) is 1.60. The molecule has 3 unspecified atom stereocenters. The number of nitrogens with zero attached hydrogens (tertiary/aromatic N) is 2. The Morgan fingerprint density at radius 3 is 1.57 bits per heavy atom. The number of aromatic amines is 2. The maximum atomic E-state index is 11.2. The number of imidazole rings is 2. The Hall–Kier alpha value is -4.74. The van der Waals surface area contributed by atoms with Crippen LogP contribution in [0.15, 0.2) is 61.2 Å². The van der Waals surface area contributed by atoms with Crippen molar-refractivity contribution in [1.82, 2.24) is 19.9 Å². The van der Waals surface area contributed by atoms with Gasteiger partial charge in [-0.25, -0.2) is 9.97 Å². The van der Waals surface area contributed by atoms with Gasteiger partial charge in [-0.3, -0.25) is 19.2 Å².